The molecule has 1 aliphatic carbocycles. The van der Waals surface area contributed by atoms with E-state index in [1.807, 2.05) is 12.1 Å². The molecule has 134 valence electrons. The van der Waals surface area contributed by atoms with Crippen LogP contribution in [0.3, 0.4) is 0 Å². The molecule has 5 nitrogen and oxygen atoms in total. The normalized spacial score (nSPS) is 15.9. The molecule has 0 spiro atoms. The van der Waals surface area contributed by atoms with Crippen LogP contribution in [0.15, 0.2) is 53.6 Å². The standard InChI is InChI=1S/C20H22N4OS/c26-20(21-9-10-24-11-13-25-14-12-24)23-22-19-17-7-3-1-5-15(17)16-6-2-4-8-18(16)19/h1-8H,9-14H2,(H2,21,23,26). The molecule has 6 heteroatoms. The Hall–Kier alpha value is -2.28. The number of fused-ring (bicyclic) bond motifs is 3. The first-order valence-corrected chi connectivity index (χ1v) is 9.34. The van der Waals surface area contributed by atoms with E-state index in [1.54, 1.807) is 0 Å². The van der Waals surface area contributed by atoms with Crippen molar-refractivity contribution < 1.29 is 4.74 Å². The van der Waals surface area contributed by atoms with Gasteiger partial charge in [0.25, 0.3) is 0 Å². The minimum atomic E-state index is 0.549. The molecule has 2 aromatic rings. The summed E-state index contributed by atoms with van der Waals surface area (Å²) in [5, 5.41) is 8.38. The van der Waals surface area contributed by atoms with Crippen LogP contribution in [0.4, 0.5) is 0 Å². The third kappa shape index (κ3) is 3.62. The number of thiocarbonyl (C=S) groups is 1. The Labute approximate surface area is 159 Å². The van der Waals surface area contributed by atoms with Gasteiger partial charge in [0.1, 0.15) is 0 Å². The molecule has 0 unspecified atom stereocenters. The van der Waals surface area contributed by atoms with Gasteiger partial charge in [0.15, 0.2) is 5.11 Å². The molecule has 0 amide bonds. The van der Waals surface area contributed by atoms with Crippen LogP contribution in [0.1, 0.15) is 11.1 Å². The first kappa shape index (κ1) is 17.1. The summed E-state index contributed by atoms with van der Waals surface area (Å²) in [4.78, 5) is 2.37. The minimum absolute atomic E-state index is 0.549. The van der Waals surface area contributed by atoms with Gasteiger partial charge in [-0.1, -0.05) is 48.5 Å². The fourth-order valence-corrected chi connectivity index (χ4v) is 3.56. The summed E-state index contributed by atoms with van der Waals surface area (Å²) in [7, 11) is 0. The van der Waals surface area contributed by atoms with Gasteiger partial charge in [-0.25, -0.2) is 0 Å². The third-order valence-corrected chi connectivity index (χ3v) is 4.98. The second-order valence-electron chi connectivity index (χ2n) is 6.37. The fraction of sp³-hybridized carbons (Fsp3) is 0.300. The summed E-state index contributed by atoms with van der Waals surface area (Å²) in [6, 6.07) is 16.7. The van der Waals surface area contributed by atoms with E-state index < -0.39 is 0 Å². The van der Waals surface area contributed by atoms with Gasteiger partial charge in [-0.05, 0) is 23.3 Å². The zero-order valence-corrected chi connectivity index (χ0v) is 15.4. The van der Waals surface area contributed by atoms with E-state index in [0.29, 0.717) is 5.11 Å². The van der Waals surface area contributed by atoms with Crippen molar-refractivity contribution >= 4 is 23.0 Å². The summed E-state index contributed by atoms with van der Waals surface area (Å²) in [5.74, 6) is 0. The molecule has 1 aliphatic heterocycles. The van der Waals surface area contributed by atoms with Crippen LogP contribution in [-0.4, -0.2) is 55.1 Å². The molecule has 0 radical (unpaired) electrons. The second-order valence-corrected chi connectivity index (χ2v) is 6.78. The summed E-state index contributed by atoms with van der Waals surface area (Å²) < 4.78 is 5.36. The average molecular weight is 366 g/mol. The molecule has 1 fully saturated rings. The van der Waals surface area contributed by atoms with Gasteiger partial charge >= 0.3 is 0 Å². The first-order chi connectivity index (χ1) is 12.8. The van der Waals surface area contributed by atoms with Gasteiger partial charge in [-0.15, -0.1) is 0 Å². The number of nitrogens with zero attached hydrogens (tertiary/aromatic N) is 2. The lowest BCUT2D eigenvalue weighted by molar-refractivity contribution is 0.0389. The van der Waals surface area contributed by atoms with Gasteiger partial charge in [0.2, 0.25) is 0 Å². The molecule has 0 saturated carbocycles. The maximum absolute atomic E-state index is 5.38. The van der Waals surface area contributed by atoms with Crippen LogP contribution in [0.25, 0.3) is 11.1 Å². The van der Waals surface area contributed by atoms with Crippen LogP contribution < -0.4 is 10.7 Å². The molecule has 0 aromatic heterocycles. The lowest BCUT2D eigenvalue weighted by atomic mass is 10.1. The molecule has 26 heavy (non-hydrogen) atoms. The highest BCUT2D eigenvalue weighted by Crippen LogP contribution is 2.36. The zero-order valence-electron chi connectivity index (χ0n) is 14.6. The highest BCUT2D eigenvalue weighted by atomic mass is 32.1. The van der Waals surface area contributed by atoms with Crippen LogP contribution in [-0.2, 0) is 4.74 Å². The molecule has 1 saturated heterocycles. The number of morpholine rings is 1. The summed E-state index contributed by atoms with van der Waals surface area (Å²) in [6.07, 6.45) is 0. The smallest absolute Gasteiger partial charge is 0.187 e. The van der Waals surface area contributed by atoms with Crippen molar-refractivity contribution in [2.75, 3.05) is 39.4 Å². The number of hydrogen-bond donors (Lipinski definition) is 2. The molecule has 2 aliphatic rings. The van der Waals surface area contributed by atoms with E-state index in [9.17, 15) is 0 Å². The summed E-state index contributed by atoms with van der Waals surface area (Å²) >= 11 is 5.38. The monoisotopic (exact) mass is 366 g/mol. The van der Waals surface area contributed by atoms with E-state index in [-0.39, 0.29) is 0 Å². The maximum atomic E-state index is 5.38. The van der Waals surface area contributed by atoms with Crippen LogP contribution >= 0.6 is 12.2 Å². The number of ether oxygens (including phenoxy) is 1. The Balaban J connectivity index is 1.39. The average Bonchev–Trinajstić information content (AvgIpc) is 3.01. The van der Waals surface area contributed by atoms with Crippen molar-refractivity contribution in [2.45, 2.75) is 0 Å². The Kier molecular flexibility index (Phi) is 5.24. The maximum Gasteiger partial charge on any atom is 0.187 e. The largest absolute Gasteiger partial charge is 0.379 e. The lowest BCUT2D eigenvalue weighted by Crippen LogP contribution is -2.43. The van der Waals surface area contributed by atoms with Gasteiger partial charge < -0.3 is 10.1 Å². The van der Waals surface area contributed by atoms with Crippen molar-refractivity contribution in [2.24, 2.45) is 5.10 Å². The molecule has 2 aromatic carbocycles. The molecule has 0 bridgehead atoms. The van der Waals surface area contributed by atoms with Crippen molar-refractivity contribution in [3.63, 3.8) is 0 Å². The molecule has 0 atom stereocenters. The number of rotatable bonds is 4. The van der Waals surface area contributed by atoms with Crippen molar-refractivity contribution in [3.05, 3.63) is 59.7 Å². The minimum Gasteiger partial charge on any atom is -0.379 e. The number of hydrogen-bond acceptors (Lipinski definition) is 4. The Morgan fingerprint density at radius 3 is 2.15 bits per heavy atom. The first-order valence-electron chi connectivity index (χ1n) is 8.94. The Morgan fingerprint density at radius 1 is 0.962 bits per heavy atom. The van der Waals surface area contributed by atoms with E-state index in [1.165, 1.54) is 11.1 Å². The quantitative estimate of drug-likeness (QED) is 0.548. The summed E-state index contributed by atoms with van der Waals surface area (Å²) in [5.41, 5.74) is 8.66. The van der Waals surface area contributed by atoms with E-state index in [2.05, 4.69) is 57.1 Å². The highest BCUT2D eigenvalue weighted by molar-refractivity contribution is 7.80. The van der Waals surface area contributed by atoms with Crippen LogP contribution in [0.5, 0.6) is 0 Å². The molecular weight excluding hydrogens is 344 g/mol. The van der Waals surface area contributed by atoms with Gasteiger partial charge in [0.05, 0.1) is 18.9 Å². The van der Waals surface area contributed by atoms with Crippen molar-refractivity contribution in [3.8, 4) is 11.1 Å². The Bertz CT molecular complexity index is 783. The van der Waals surface area contributed by atoms with E-state index in [0.717, 1.165) is 56.2 Å². The number of benzene rings is 2. The number of hydrazone groups is 1. The third-order valence-electron chi connectivity index (χ3n) is 4.74. The van der Waals surface area contributed by atoms with Crippen molar-refractivity contribution in [1.82, 2.24) is 15.6 Å². The predicted octanol–water partition coefficient (Wildman–Crippen LogP) is 2.22. The number of nitrogens with one attached hydrogen (secondary N) is 2. The van der Waals surface area contributed by atoms with Gasteiger partial charge in [-0.2, -0.15) is 5.10 Å². The van der Waals surface area contributed by atoms with Crippen LogP contribution in [0.2, 0.25) is 0 Å². The lowest BCUT2D eigenvalue weighted by Gasteiger charge is -2.26. The van der Waals surface area contributed by atoms with Gasteiger partial charge in [-0.3, -0.25) is 10.3 Å². The Morgan fingerprint density at radius 2 is 1.54 bits per heavy atom. The second kappa shape index (κ2) is 7.95. The van der Waals surface area contributed by atoms with Crippen LogP contribution in [0, 0.1) is 0 Å². The molecule has 4 rings (SSSR count). The predicted molar refractivity (Wildman–Crippen MR) is 109 cm³/mol. The van der Waals surface area contributed by atoms with E-state index >= 15 is 0 Å². The van der Waals surface area contributed by atoms with Gasteiger partial charge in [0, 0.05) is 37.3 Å². The molecular formula is C20H22N4OS. The zero-order chi connectivity index (χ0) is 17.8. The topological polar surface area (TPSA) is 48.9 Å². The van der Waals surface area contributed by atoms with Crippen molar-refractivity contribution in [1.29, 1.82) is 0 Å². The SMILES string of the molecule is S=C(NCCN1CCOCC1)NN=C1c2ccccc2-c2ccccc21. The fourth-order valence-electron chi connectivity index (χ4n) is 3.41. The molecule has 2 N–H and O–H groups in total. The molecule has 1 heterocycles. The van der Waals surface area contributed by atoms with E-state index in [4.69, 9.17) is 17.0 Å². The highest BCUT2D eigenvalue weighted by Gasteiger charge is 2.24. The summed E-state index contributed by atoms with van der Waals surface area (Å²) in [6.45, 7) is 5.34.